The van der Waals surface area contributed by atoms with Crippen LogP contribution in [0.2, 0.25) is 0 Å². The molecule has 1 saturated heterocycles. The summed E-state index contributed by atoms with van der Waals surface area (Å²) in [7, 11) is 0. The van der Waals surface area contributed by atoms with Gasteiger partial charge in [0, 0.05) is 24.0 Å². The Bertz CT molecular complexity index is 366. The molecule has 0 aromatic carbocycles. The molecule has 4 nitrogen and oxygen atoms in total. The van der Waals surface area contributed by atoms with Crippen LogP contribution in [0.25, 0.3) is 0 Å². The third kappa shape index (κ3) is 4.40. The lowest BCUT2D eigenvalue weighted by Gasteiger charge is -2.29. The minimum atomic E-state index is 0.112. The number of nitrogens with zero attached hydrogens (tertiary/aromatic N) is 1. The van der Waals surface area contributed by atoms with Crippen molar-refractivity contribution in [2.75, 3.05) is 26.2 Å². The van der Waals surface area contributed by atoms with Gasteiger partial charge < -0.3 is 11.1 Å². The van der Waals surface area contributed by atoms with Crippen molar-refractivity contribution in [1.82, 2.24) is 10.2 Å². The number of nitrogens with two attached hydrogens (primary N) is 1. The first-order valence-electron chi connectivity index (χ1n) is 6.51. The Hall–Kier alpha value is -0.910. The van der Waals surface area contributed by atoms with E-state index in [1.807, 2.05) is 6.07 Å². The van der Waals surface area contributed by atoms with Crippen LogP contribution in [0.4, 0.5) is 0 Å². The first-order chi connectivity index (χ1) is 8.74. The Balaban J connectivity index is 1.62. The van der Waals surface area contributed by atoms with E-state index in [0.717, 1.165) is 38.9 Å². The third-order valence-electron chi connectivity index (χ3n) is 3.18. The lowest BCUT2D eigenvalue weighted by atomic mass is 10.1. The Labute approximate surface area is 112 Å². The van der Waals surface area contributed by atoms with Gasteiger partial charge in [-0.2, -0.15) is 0 Å². The number of carbonyl (C=O) groups excluding carboxylic acids is 1. The fourth-order valence-corrected chi connectivity index (χ4v) is 2.98. The molecule has 0 unspecified atom stereocenters. The summed E-state index contributed by atoms with van der Waals surface area (Å²) in [6.07, 6.45) is 3.10. The van der Waals surface area contributed by atoms with Gasteiger partial charge in [0.2, 0.25) is 5.91 Å². The van der Waals surface area contributed by atoms with Crippen molar-refractivity contribution in [3.63, 3.8) is 0 Å². The predicted molar refractivity (Wildman–Crippen MR) is 74.7 cm³/mol. The van der Waals surface area contributed by atoms with Crippen LogP contribution < -0.4 is 11.1 Å². The molecule has 3 N–H and O–H groups in total. The molecule has 0 bridgehead atoms. The van der Waals surface area contributed by atoms with E-state index in [0.29, 0.717) is 6.54 Å². The molecule has 1 aliphatic rings. The largest absolute Gasteiger partial charge is 0.355 e. The smallest absolute Gasteiger partial charge is 0.234 e. The number of carbonyl (C=O) groups is 1. The van der Waals surface area contributed by atoms with Gasteiger partial charge in [0.05, 0.1) is 6.54 Å². The van der Waals surface area contributed by atoms with Gasteiger partial charge in [-0.05, 0) is 37.3 Å². The second-order valence-electron chi connectivity index (χ2n) is 4.82. The Morgan fingerprint density at radius 1 is 1.61 bits per heavy atom. The van der Waals surface area contributed by atoms with Crippen LogP contribution >= 0.6 is 11.3 Å². The topological polar surface area (TPSA) is 58.4 Å². The van der Waals surface area contributed by atoms with Gasteiger partial charge >= 0.3 is 0 Å². The molecule has 18 heavy (non-hydrogen) atoms. The maximum Gasteiger partial charge on any atom is 0.234 e. The summed E-state index contributed by atoms with van der Waals surface area (Å²) in [6, 6.07) is 4.37. The number of hydrogen-bond donors (Lipinski definition) is 2. The third-order valence-corrected chi connectivity index (χ3v) is 4.12. The standard InChI is InChI=1S/C13H21N3OS/c14-11-3-1-7-16(9-11)10-13(17)15-6-5-12-4-2-8-18-12/h2,4,8,11H,1,3,5-7,9-10,14H2,(H,15,17)/t11-/m1/s1. The van der Waals surface area contributed by atoms with Crippen molar-refractivity contribution in [3.05, 3.63) is 22.4 Å². The maximum absolute atomic E-state index is 11.8. The molecule has 1 aromatic rings. The monoisotopic (exact) mass is 267 g/mol. The molecule has 0 spiro atoms. The fraction of sp³-hybridized carbons (Fsp3) is 0.615. The predicted octanol–water partition coefficient (Wildman–Crippen LogP) is 0.830. The van der Waals surface area contributed by atoms with Crippen LogP contribution in [0, 0.1) is 0 Å². The molecule has 1 aromatic heterocycles. The molecule has 2 heterocycles. The zero-order chi connectivity index (χ0) is 12.8. The quantitative estimate of drug-likeness (QED) is 0.831. The molecule has 1 amide bonds. The minimum absolute atomic E-state index is 0.112. The maximum atomic E-state index is 11.8. The van der Waals surface area contributed by atoms with Crippen LogP contribution in [-0.4, -0.2) is 43.0 Å². The molecule has 1 aliphatic heterocycles. The van der Waals surface area contributed by atoms with Crippen molar-refractivity contribution in [3.8, 4) is 0 Å². The van der Waals surface area contributed by atoms with Crippen LogP contribution in [0.15, 0.2) is 17.5 Å². The first kappa shape index (κ1) is 13.5. The number of likely N-dealkylation sites (tertiary alicyclic amines) is 1. The van der Waals surface area contributed by atoms with E-state index in [9.17, 15) is 4.79 Å². The molecule has 0 aliphatic carbocycles. The first-order valence-corrected chi connectivity index (χ1v) is 7.39. The van der Waals surface area contributed by atoms with E-state index in [4.69, 9.17) is 5.73 Å². The van der Waals surface area contributed by atoms with Crippen LogP contribution in [0.3, 0.4) is 0 Å². The normalized spacial score (nSPS) is 20.8. The lowest BCUT2D eigenvalue weighted by molar-refractivity contribution is -0.122. The average Bonchev–Trinajstić information content (AvgIpc) is 2.82. The summed E-state index contributed by atoms with van der Waals surface area (Å²) in [6.45, 7) is 3.04. The summed E-state index contributed by atoms with van der Waals surface area (Å²) < 4.78 is 0. The van der Waals surface area contributed by atoms with E-state index in [1.165, 1.54) is 4.88 Å². The van der Waals surface area contributed by atoms with E-state index < -0.39 is 0 Å². The molecule has 100 valence electrons. The van der Waals surface area contributed by atoms with Crippen molar-refractivity contribution in [1.29, 1.82) is 0 Å². The molecule has 0 radical (unpaired) electrons. The molecule has 0 saturated carbocycles. The van der Waals surface area contributed by atoms with Crippen molar-refractivity contribution < 1.29 is 4.79 Å². The number of amides is 1. The molecular formula is C13H21N3OS. The van der Waals surface area contributed by atoms with E-state index in [1.54, 1.807) is 11.3 Å². The van der Waals surface area contributed by atoms with Gasteiger partial charge in [0.15, 0.2) is 0 Å². The van der Waals surface area contributed by atoms with Crippen molar-refractivity contribution >= 4 is 17.2 Å². The number of thiophene rings is 1. The lowest BCUT2D eigenvalue weighted by Crippen LogP contribution is -2.47. The van der Waals surface area contributed by atoms with E-state index in [2.05, 4.69) is 21.7 Å². The number of hydrogen-bond acceptors (Lipinski definition) is 4. The van der Waals surface area contributed by atoms with Crippen molar-refractivity contribution in [2.24, 2.45) is 5.73 Å². The van der Waals surface area contributed by atoms with Crippen molar-refractivity contribution in [2.45, 2.75) is 25.3 Å². The van der Waals surface area contributed by atoms with Gasteiger partial charge in [-0.1, -0.05) is 6.07 Å². The van der Waals surface area contributed by atoms with Crippen LogP contribution in [-0.2, 0) is 11.2 Å². The summed E-state index contributed by atoms with van der Waals surface area (Å²) >= 11 is 1.73. The highest BCUT2D eigenvalue weighted by Gasteiger charge is 2.18. The second-order valence-corrected chi connectivity index (χ2v) is 5.85. The molecule has 1 fully saturated rings. The highest BCUT2D eigenvalue weighted by atomic mass is 32.1. The summed E-state index contributed by atoms with van der Waals surface area (Å²) in [4.78, 5) is 15.2. The SMILES string of the molecule is N[C@@H]1CCCN(CC(=O)NCCc2cccs2)C1. The van der Waals surface area contributed by atoms with Gasteiger partial charge in [-0.25, -0.2) is 0 Å². The summed E-state index contributed by atoms with van der Waals surface area (Å²) in [5.74, 6) is 0.112. The minimum Gasteiger partial charge on any atom is -0.355 e. The Kier molecular flexibility index (Phi) is 5.16. The van der Waals surface area contributed by atoms with Gasteiger partial charge in [-0.15, -0.1) is 11.3 Å². The van der Waals surface area contributed by atoms with E-state index in [-0.39, 0.29) is 11.9 Å². The molecule has 5 heteroatoms. The average molecular weight is 267 g/mol. The number of nitrogens with one attached hydrogen (secondary N) is 1. The Morgan fingerprint density at radius 3 is 3.22 bits per heavy atom. The van der Waals surface area contributed by atoms with Gasteiger partial charge in [0.25, 0.3) is 0 Å². The highest BCUT2D eigenvalue weighted by Crippen LogP contribution is 2.09. The zero-order valence-corrected chi connectivity index (χ0v) is 11.4. The fourth-order valence-electron chi connectivity index (χ4n) is 2.27. The molecular weight excluding hydrogens is 246 g/mol. The summed E-state index contributed by atoms with van der Waals surface area (Å²) in [5.41, 5.74) is 5.89. The highest BCUT2D eigenvalue weighted by molar-refractivity contribution is 7.09. The number of piperidine rings is 1. The van der Waals surface area contributed by atoms with Crippen LogP contribution in [0.5, 0.6) is 0 Å². The van der Waals surface area contributed by atoms with Gasteiger partial charge in [0.1, 0.15) is 0 Å². The molecule has 2 rings (SSSR count). The van der Waals surface area contributed by atoms with Gasteiger partial charge in [-0.3, -0.25) is 9.69 Å². The molecule has 1 atom stereocenters. The van der Waals surface area contributed by atoms with Crippen LogP contribution in [0.1, 0.15) is 17.7 Å². The number of rotatable bonds is 5. The summed E-state index contributed by atoms with van der Waals surface area (Å²) in [5, 5.41) is 5.03. The van der Waals surface area contributed by atoms with E-state index >= 15 is 0 Å². The Morgan fingerprint density at radius 2 is 2.50 bits per heavy atom. The second kappa shape index (κ2) is 6.87. The zero-order valence-electron chi connectivity index (χ0n) is 10.6.